The average Bonchev–Trinajstić information content (AvgIpc) is 2.30. The summed E-state index contributed by atoms with van der Waals surface area (Å²) in [7, 11) is 0. The number of aldehydes is 1. The van der Waals surface area contributed by atoms with E-state index in [2.05, 4.69) is 0 Å². The summed E-state index contributed by atoms with van der Waals surface area (Å²) in [5, 5.41) is 8.50. The van der Waals surface area contributed by atoms with Gasteiger partial charge in [-0.25, -0.2) is 0 Å². The van der Waals surface area contributed by atoms with Crippen LogP contribution in [0.1, 0.15) is 6.42 Å². The summed E-state index contributed by atoms with van der Waals surface area (Å²) in [4.78, 5) is 20.8. The van der Waals surface area contributed by atoms with E-state index in [9.17, 15) is 9.59 Å². The predicted molar refractivity (Wildman–Crippen MR) is 31.4 cm³/mol. The Morgan fingerprint density at radius 1 is 1.80 bits per heavy atom. The molecule has 0 radical (unpaired) electrons. The Morgan fingerprint density at radius 2 is 2.50 bits per heavy atom. The lowest BCUT2D eigenvalue weighted by atomic mass is 10.2. The first kappa shape index (κ1) is 7.37. The van der Waals surface area contributed by atoms with Crippen molar-refractivity contribution in [1.82, 2.24) is 0 Å². The van der Waals surface area contributed by atoms with E-state index in [1.54, 1.807) is 0 Å². The minimum Gasteiger partial charge on any atom is -0.394 e. The van der Waals surface area contributed by atoms with Crippen molar-refractivity contribution in [3.63, 3.8) is 0 Å². The van der Waals surface area contributed by atoms with Gasteiger partial charge in [0.1, 0.15) is 0 Å². The molecule has 1 aliphatic rings. The first-order valence-electron chi connectivity index (χ1n) is 3.02. The second-order valence-electron chi connectivity index (χ2n) is 2.17. The Hall–Kier alpha value is -0.740. The Morgan fingerprint density at radius 3 is 2.80 bits per heavy atom. The van der Waals surface area contributed by atoms with Gasteiger partial charge in [0, 0.05) is 6.42 Å². The summed E-state index contributed by atoms with van der Waals surface area (Å²) in [5.74, 6) is -0.242. The molecule has 4 nitrogen and oxygen atoms in total. The van der Waals surface area contributed by atoms with Crippen LogP contribution < -0.4 is 0 Å². The molecule has 1 fully saturated rings. The largest absolute Gasteiger partial charge is 0.394 e. The molecule has 0 spiro atoms. The standard InChI is InChI=1S/C6H8O4/c7-2-4-1-5(9)6(3-8)10-4/h3-4,6-7H,1-2H2. The maximum absolute atomic E-state index is 10.7. The normalized spacial score (nSPS) is 32.7. The molecule has 1 aliphatic heterocycles. The molecule has 0 aliphatic carbocycles. The molecule has 0 aromatic heterocycles. The lowest BCUT2D eigenvalue weighted by Crippen LogP contribution is -2.17. The van der Waals surface area contributed by atoms with Gasteiger partial charge < -0.3 is 9.84 Å². The second kappa shape index (κ2) is 2.90. The maximum Gasteiger partial charge on any atom is 0.171 e. The van der Waals surface area contributed by atoms with Crippen LogP contribution in [0.2, 0.25) is 0 Å². The molecule has 10 heavy (non-hydrogen) atoms. The zero-order valence-corrected chi connectivity index (χ0v) is 5.32. The van der Waals surface area contributed by atoms with Crippen LogP contribution in [0.25, 0.3) is 0 Å². The minimum absolute atomic E-state index is 0.153. The highest BCUT2D eigenvalue weighted by Gasteiger charge is 2.32. The summed E-state index contributed by atoms with van der Waals surface area (Å²) in [6, 6.07) is 0. The van der Waals surface area contributed by atoms with Gasteiger partial charge in [0.15, 0.2) is 18.2 Å². The van der Waals surface area contributed by atoms with Crippen LogP contribution in [0.4, 0.5) is 0 Å². The Labute approximate surface area is 57.8 Å². The van der Waals surface area contributed by atoms with Crippen LogP contribution in [-0.4, -0.2) is 36.0 Å². The Kier molecular flexibility index (Phi) is 2.13. The highest BCUT2D eigenvalue weighted by molar-refractivity contribution is 5.97. The maximum atomic E-state index is 10.7. The molecule has 56 valence electrons. The van der Waals surface area contributed by atoms with Gasteiger partial charge in [-0.1, -0.05) is 0 Å². The molecule has 0 aromatic rings. The molecular formula is C6H8O4. The number of ketones is 1. The van der Waals surface area contributed by atoms with Gasteiger partial charge in [0.05, 0.1) is 12.7 Å². The molecule has 4 heteroatoms. The van der Waals surface area contributed by atoms with Crippen LogP contribution in [0.15, 0.2) is 0 Å². The summed E-state index contributed by atoms with van der Waals surface area (Å²) >= 11 is 0. The first-order valence-corrected chi connectivity index (χ1v) is 3.02. The third-order valence-electron chi connectivity index (χ3n) is 1.41. The van der Waals surface area contributed by atoms with Crippen LogP contribution in [-0.2, 0) is 14.3 Å². The van der Waals surface area contributed by atoms with Crippen LogP contribution >= 0.6 is 0 Å². The van der Waals surface area contributed by atoms with Crippen molar-refractivity contribution in [2.24, 2.45) is 0 Å². The van der Waals surface area contributed by atoms with Crippen LogP contribution in [0.3, 0.4) is 0 Å². The van der Waals surface area contributed by atoms with E-state index in [4.69, 9.17) is 9.84 Å². The lowest BCUT2D eigenvalue weighted by molar-refractivity contribution is -0.129. The molecule has 1 heterocycles. The topological polar surface area (TPSA) is 63.6 Å². The van der Waals surface area contributed by atoms with Crippen molar-refractivity contribution in [3.05, 3.63) is 0 Å². The number of rotatable bonds is 2. The van der Waals surface area contributed by atoms with E-state index in [0.29, 0.717) is 6.29 Å². The van der Waals surface area contributed by atoms with E-state index >= 15 is 0 Å². The molecule has 1 saturated heterocycles. The fraction of sp³-hybridized carbons (Fsp3) is 0.667. The van der Waals surface area contributed by atoms with Gasteiger partial charge in [0.25, 0.3) is 0 Å². The zero-order chi connectivity index (χ0) is 7.56. The predicted octanol–water partition coefficient (Wildman–Crippen LogP) is -1.10. The summed E-state index contributed by atoms with van der Waals surface area (Å²) in [6.07, 6.45) is -0.794. The third-order valence-corrected chi connectivity index (χ3v) is 1.41. The van der Waals surface area contributed by atoms with Gasteiger partial charge in [-0.05, 0) is 0 Å². The van der Waals surface area contributed by atoms with Crippen LogP contribution in [0, 0.1) is 0 Å². The zero-order valence-electron chi connectivity index (χ0n) is 5.32. The number of carbonyl (C=O) groups is 2. The average molecular weight is 144 g/mol. The van der Waals surface area contributed by atoms with Crippen molar-refractivity contribution < 1.29 is 19.4 Å². The van der Waals surface area contributed by atoms with E-state index in [0.717, 1.165) is 0 Å². The summed E-state index contributed by atoms with van der Waals surface area (Å²) in [6.45, 7) is -0.198. The number of hydrogen-bond donors (Lipinski definition) is 1. The van der Waals surface area contributed by atoms with Crippen molar-refractivity contribution in [2.45, 2.75) is 18.6 Å². The fourth-order valence-corrected chi connectivity index (χ4v) is 0.887. The van der Waals surface area contributed by atoms with Crippen molar-refractivity contribution >= 4 is 12.1 Å². The van der Waals surface area contributed by atoms with Gasteiger partial charge in [-0.3, -0.25) is 9.59 Å². The first-order chi connectivity index (χ1) is 4.77. The lowest BCUT2D eigenvalue weighted by Gasteiger charge is -2.02. The highest BCUT2D eigenvalue weighted by atomic mass is 16.5. The Balaban J connectivity index is 2.52. The molecule has 0 bridgehead atoms. The molecule has 0 amide bonds. The summed E-state index contributed by atoms with van der Waals surface area (Å²) < 4.78 is 4.80. The Bertz CT molecular complexity index is 154. The summed E-state index contributed by atoms with van der Waals surface area (Å²) in [5.41, 5.74) is 0. The molecule has 1 rings (SSSR count). The monoisotopic (exact) mass is 144 g/mol. The highest BCUT2D eigenvalue weighted by Crippen LogP contribution is 2.13. The molecular weight excluding hydrogens is 136 g/mol. The SMILES string of the molecule is O=CC1OC(CO)CC1=O. The molecule has 2 unspecified atom stereocenters. The molecule has 2 atom stereocenters. The minimum atomic E-state index is -0.933. The van der Waals surface area contributed by atoms with E-state index < -0.39 is 12.2 Å². The van der Waals surface area contributed by atoms with Gasteiger partial charge >= 0.3 is 0 Å². The number of Topliss-reactive ketones (excluding diaryl/α,β-unsaturated/α-hetero) is 1. The van der Waals surface area contributed by atoms with Crippen molar-refractivity contribution in [2.75, 3.05) is 6.61 Å². The van der Waals surface area contributed by atoms with Gasteiger partial charge in [-0.15, -0.1) is 0 Å². The quantitative estimate of drug-likeness (QED) is 0.395. The number of aliphatic hydroxyl groups is 1. The van der Waals surface area contributed by atoms with E-state index in [-0.39, 0.29) is 18.8 Å². The number of carbonyl (C=O) groups excluding carboxylic acids is 2. The number of hydrogen-bond acceptors (Lipinski definition) is 4. The van der Waals surface area contributed by atoms with E-state index in [1.807, 2.05) is 0 Å². The molecule has 1 N–H and O–H groups in total. The fourth-order valence-electron chi connectivity index (χ4n) is 0.887. The van der Waals surface area contributed by atoms with Crippen LogP contribution in [0.5, 0.6) is 0 Å². The molecule has 0 saturated carbocycles. The second-order valence-corrected chi connectivity index (χ2v) is 2.17. The van der Waals surface area contributed by atoms with E-state index in [1.165, 1.54) is 0 Å². The number of aliphatic hydroxyl groups excluding tert-OH is 1. The smallest absolute Gasteiger partial charge is 0.171 e. The van der Waals surface area contributed by atoms with Crippen molar-refractivity contribution in [1.29, 1.82) is 0 Å². The van der Waals surface area contributed by atoms with Gasteiger partial charge in [0.2, 0.25) is 0 Å². The van der Waals surface area contributed by atoms with Gasteiger partial charge in [-0.2, -0.15) is 0 Å². The van der Waals surface area contributed by atoms with Crippen molar-refractivity contribution in [3.8, 4) is 0 Å². The molecule has 0 aromatic carbocycles. The third kappa shape index (κ3) is 1.22. The number of ether oxygens (including phenoxy) is 1.